The van der Waals surface area contributed by atoms with E-state index in [1.165, 1.54) is 17.7 Å². The molecule has 0 spiro atoms. The summed E-state index contributed by atoms with van der Waals surface area (Å²) in [4.78, 5) is 6.78. The molecule has 0 radical (unpaired) electrons. The number of anilines is 1. The molecular weight excluding hydrogens is 238 g/mol. The molecule has 1 aromatic carbocycles. The van der Waals surface area contributed by atoms with Crippen LogP contribution in [0.4, 0.5) is 5.69 Å². The number of hydrogen-bond acceptors (Lipinski definition) is 4. The maximum Gasteiger partial charge on any atom is 0.246 e. The molecule has 19 heavy (non-hydrogen) atoms. The van der Waals surface area contributed by atoms with Crippen molar-refractivity contribution in [3.05, 3.63) is 41.5 Å². The second-order valence-electron chi connectivity index (χ2n) is 5.10. The topological polar surface area (TPSA) is 42.2 Å². The monoisotopic (exact) mass is 257 g/mol. The number of aromatic nitrogens is 2. The van der Waals surface area contributed by atoms with Crippen LogP contribution < -0.4 is 4.90 Å². The third-order valence-corrected chi connectivity index (χ3v) is 3.80. The summed E-state index contributed by atoms with van der Waals surface area (Å²) in [5.74, 6) is 1.49. The lowest BCUT2D eigenvalue weighted by Crippen LogP contribution is -2.36. The number of benzene rings is 1. The molecule has 0 N–H and O–H groups in total. The van der Waals surface area contributed by atoms with Crippen LogP contribution in [0.3, 0.4) is 0 Å². The van der Waals surface area contributed by atoms with Crippen LogP contribution in [0.1, 0.15) is 37.5 Å². The zero-order chi connectivity index (χ0) is 13.2. The number of nitrogens with zero attached hydrogens (tertiary/aromatic N) is 3. The molecule has 4 heteroatoms. The molecule has 0 saturated carbocycles. The molecule has 0 saturated heterocycles. The van der Waals surface area contributed by atoms with Crippen LogP contribution in [0, 0.1) is 0 Å². The van der Waals surface area contributed by atoms with Crippen molar-refractivity contribution in [1.82, 2.24) is 10.1 Å². The maximum atomic E-state index is 5.32. The minimum Gasteiger partial charge on any atom is -0.359 e. The van der Waals surface area contributed by atoms with Crippen LogP contribution in [0.5, 0.6) is 0 Å². The highest BCUT2D eigenvalue weighted by atomic mass is 16.5. The first-order chi connectivity index (χ1) is 9.28. The summed E-state index contributed by atoms with van der Waals surface area (Å²) in [6.07, 6.45) is 3.14. The van der Waals surface area contributed by atoms with Gasteiger partial charge in [0.15, 0.2) is 5.82 Å². The molecule has 4 nitrogen and oxygen atoms in total. The van der Waals surface area contributed by atoms with Crippen molar-refractivity contribution in [3.63, 3.8) is 0 Å². The lowest BCUT2D eigenvalue weighted by atomic mass is 9.97. The Morgan fingerprint density at radius 2 is 2.21 bits per heavy atom. The van der Waals surface area contributed by atoms with Crippen LogP contribution in [0.15, 0.2) is 28.8 Å². The lowest BCUT2D eigenvalue weighted by Gasteiger charge is -2.36. The third-order valence-electron chi connectivity index (χ3n) is 3.80. The number of aryl methyl sites for hydroxylation is 2. The van der Waals surface area contributed by atoms with Gasteiger partial charge >= 0.3 is 0 Å². The lowest BCUT2D eigenvalue weighted by molar-refractivity contribution is 0.365. The van der Waals surface area contributed by atoms with E-state index in [9.17, 15) is 0 Å². The summed E-state index contributed by atoms with van der Waals surface area (Å²) < 4.78 is 5.32. The summed E-state index contributed by atoms with van der Waals surface area (Å²) in [5, 5.41) is 3.97. The van der Waals surface area contributed by atoms with Crippen molar-refractivity contribution in [3.8, 4) is 0 Å². The molecule has 0 amide bonds. The van der Waals surface area contributed by atoms with E-state index in [2.05, 4.69) is 46.2 Å². The van der Waals surface area contributed by atoms with Crippen LogP contribution in [0.2, 0.25) is 0 Å². The summed E-state index contributed by atoms with van der Waals surface area (Å²) in [6.45, 7) is 4.99. The van der Waals surface area contributed by atoms with Crippen molar-refractivity contribution >= 4 is 5.69 Å². The largest absolute Gasteiger partial charge is 0.359 e. The van der Waals surface area contributed by atoms with Gasteiger partial charge in [0, 0.05) is 18.2 Å². The van der Waals surface area contributed by atoms with Gasteiger partial charge in [-0.05, 0) is 31.4 Å². The average molecular weight is 257 g/mol. The van der Waals surface area contributed by atoms with Gasteiger partial charge in [-0.3, -0.25) is 0 Å². The minimum absolute atomic E-state index is 0.506. The maximum absolute atomic E-state index is 5.32. The van der Waals surface area contributed by atoms with E-state index in [1.54, 1.807) is 0 Å². The highest BCUT2D eigenvalue weighted by Gasteiger charge is 2.24. The quantitative estimate of drug-likeness (QED) is 0.847. The summed E-state index contributed by atoms with van der Waals surface area (Å²) in [7, 11) is 0. The standard InChI is InChI=1S/C15H19N3O/c1-3-14-16-15(19-17-14)10-18-11(2)8-9-12-6-4-5-7-13(12)18/h4-7,11H,3,8-10H2,1-2H3/t11-/m0/s1. The second-order valence-corrected chi connectivity index (χ2v) is 5.10. The van der Waals surface area contributed by atoms with Crippen molar-refractivity contribution in [2.75, 3.05) is 4.90 Å². The Bertz CT molecular complexity index is 564. The van der Waals surface area contributed by atoms with E-state index >= 15 is 0 Å². The van der Waals surface area contributed by atoms with E-state index in [4.69, 9.17) is 4.52 Å². The Hall–Kier alpha value is -1.84. The highest BCUT2D eigenvalue weighted by molar-refractivity contribution is 5.56. The number of rotatable bonds is 3. The average Bonchev–Trinajstić information content (AvgIpc) is 2.90. The van der Waals surface area contributed by atoms with Gasteiger partial charge in [-0.1, -0.05) is 30.3 Å². The normalized spacial score (nSPS) is 18.4. The predicted molar refractivity (Wildman–Crippen MR) is 74.1 cm³/mol. The van der Waals surface area contributed by atoms with Crippen LogP contribution in [-0.2, 0) is 19.4 Å². The highest BCUT2D eigenvalue weighted by Crippen LogP contribution is 2.31. The fourth-order valence-electron chi connectivity index (χ4n) is 2.64. The summed E-state index contributed by atoms with van der Waals surface area (Å²) in [5.41, 5.74) is 2.72. The molecule has 1 aliphatic heterocycles. The molecule has 1 atom stereocenters. The van der Waals surface area contributed by atoms with Crippen LogP contribution >= 0.6 is 0 Å². The van der Waals surface area contributed by atoms with Crippen LogP contribution in [-0.4, -0.2) is 16.2 Å². The minimum atomic E-state index is 0.506. The van der Waals surface area contributed by atoms with E-state index in [0.29, 0.717) is 18.5 Å². The van der Waals surface area contributed by atoms with E-state index in [1.807, 2.05) is 6.92 Å². The molecule has 2 heterocycles. The van der Waals surface area contributed by atoms with Gasteiger partial charge in [-0.2, -0.15) is 4.98 Å². The van der Waals surface area contributed by atoms with Crippen molar-refractivity contribution in [1.29, 1.82) is 0 Å². The fourth-order valence-corrected chi connectivity index (χ4v) is 2.64. The van der Waals surface area contributed by atoms with Gasteiger partial charge < -0.3 is 9.42 Å². The Morgan fingerprint density at radius 3 is 3.00 bits per heavy atom. The zero-order valence-corrected chi connectivity index (χ0v) is 11.5. The fraction of sp³-hybridized carbons (Fsp3) is 0.467. The van der Waals surface area contributed by atoms with E-state index in [0.717, 1.165) is 18.7 Å². The van der Waals surface area contributed by atoms with Gasteiger partial charge in [0.2, 0.25) is 5.89 Å². The molecular formula is C15H19N3O. The summed E-state index contributed by atoms with van der Waals surface area (Å²) >= 11 is 0. The first-order valence-corrected chi connectivity index (χ1v) is 6.94. The molecule has 0 bridgehead atoms. The second kappa shape index (κ2) is 5.03. The first kappa shape index (κ1) is 12.2. The van der Waals surface area contributed by atoms with Crippen LogP contribution in [0.25, 0.3) is 0 Å². The van der Waals surface area contributed by atoms with Gasteiger partial charge in [0.1, 0.15) is 0 Å². The van der Waals surface area contributed by atoms with Gasteiger partial charge in [0.25, 0.3) is 0 Å². The number of fused-ring (bicyclic) bond motifs is 1. The Balaban J connectivity index is 1.87. The van der Waals surface area contributed by atoms with Gasteiger partial charge in [-0.15, -0.1) is 0 Å². The predicted octanol–water partition coefficient (Wildman–Crippen LogP) is 2.97. The van der Waals surface area contributed by atoms with E-state index < -0.39 is 0 Å². The van der Waals surface area contributed by atoms with Gasteiger partial charge in [0.05, 0.1) is 6.54 Å². The molecule has 1 aromatic heterocycles. The SMILES string of the molecule is CCc1noc(CN2c3ccccc3CC[C@@H]2C)n1. The molecule has 0 fully saturated rings. The molecule has 100 valence electrons. The Labute approximate surface area is 113 Å². The summed E-state index contributed by atoms with van der Waals surface area (Å²) in [6, 6.07) is 9.10. The molecule has 1 aliphatic rings. The van der Waals surface area contributed by atoms with E-state index in [-0.39, 0.29) is 0 Å². The molecule has 2 aromatic rings. The Morgan fingerprint density at radius 1 is 1.37 bits per heavy atom. The van der Waals surface area contributed by atoms with Crippen molar-refractivity contribution < 1.29 is 4.52 Å². The first-order valence-electron chi connectivity index (χ1n) is 6.94. The molecule has 0 unspecified atom stereocenters. The van der Waals surface area contributed by atoms with Gasteiger partial charge in [-0.25, -0.2) is 0 Å². The number of hydrogen-bond donors (Lipinski definition) is 0. The van der Waals surface area contributed by atoms with Crippen molar-refractivity contribution in [2.24, 2.45) is 0 Å². The Kier molecular flexibility index (Phi) is 3.23. The third kappa shape index (κ3) is 2.35. The zero-order valence-electron chi connectivity index (χ0n) is 11.5. The van der Waals surface area contributed by atoms with Crippen molar-refractivity contribution in [2.45, 2.75) is 45.7 Å². The molecule has 0 aliphatic carbocycles. The molecule has 3 rings (SSSR count). The smallest absolute Gasteiger partial charge is 0.246 e. The number of para-hydroxylation sites is 1.